The van der Waals surface area contributed by atoms with Crippen LogP contribution in [0.25, 0.3) is 11.3 Å². The molecule has 1 aliphatic carbocycles. The maximum Gasteiger partial charge on any atom is 0.315 e. The number of rotatable bonds is 4. The van der Waals surface area contributed by atoms with Crippen LogP contribution >= 0.6 is 0 Å². The van der Waals surface area contributed by atoms with Crippen LogP contribution < -0.4 is 10.6 Å². The molecule has 0 aliphatic heterocycles. The van der Waals surface area contributed by atoms with Crippen LogP contribution in [0.4, 0.5) is 4.79 Å². The van der Waals surface area contributed by atoms with Crippen molar-refractivity contribution in [3.63, 3.8) is 0 Å². The van der Waals surface area contributed by atoms with Crippen LogP contribution in [0.15, 0.2) is 30.7 Å². The molecule has 22 heavy (non-hydrogen) atoms. The summed E-state index contributed by atoms with van der Waals surface area (Å²) in [5.74, 6) is 0. The van der Waals surface area contributed by atoms with E-state index < -0.39 is 0 Å². The number of hydrogen-bond donors (Lipinski definition) is 2. The lowest BCUT2D eigenvalue weighted by Gasteiger charge is -2.13. The number of nitrogens with one attached hydrogen (secondary N) is 2. The van der Waals surface area contributed by atoms with Gasteiger partial charge in [-0.15, -0.1) is 0 Å². The Hall–Kier alpha value is -2.37. The number of aromatic nitrogens is 3. The largest absolute Gasteiger partial charge is 0.335 e. The second-order valence-corrected chi connectivity index (χ2v) is 5.72. The van der Waals surface area contributed by atoms with Gasteiger partial charge in [-0.05, 0) is 24.5 Å². The summed E-state index contributed by atoms with van der Waals surface area (Å²) >= 11 is 0. The first-order valence-corrected chi connectivity index (χ1v) is 7.69. The van der Waals surface area contributed by atoms with Crippen molar-refractivity contribution in [2.24, 2.45) is 7.05 Å². The number of hydrogen-bond acceptors (Lipinski definition) is 3. The van der Waals surface area contributed by atoms with Gasteiger partial charge in [-0.25, -0.2) is 4.79 Å². The number of carbonyl (C=O) groups is 1. The second kappa shape index (κ2) is 6.60. The Morgan fingerprint density at radius 2 is 2.23 bits per heavy atom. The van der Waals surface area contributed by atoms with E-state index in [1.807, 2.05) is 25.4 Å². The molecule has 0 atom stereocenters. The zero-order valence-corrected chi connectivity index (χ0v) is 12.7. The highest BCUT2D eigenvalue weighted by Crippen LogP contribution is 2.20. The summed E-state index contributed by atoms with van der Waals surface area (Å²) in [5.41, 5.74) is 2.80. The van der Waals surface area contributed by atoms with E-state index in [-0.39, 0.29) is 6.03 Å². The molecule has 2 aromatic rings. The Labute approximate surface area is 129 Å². The summed E-state index contributed by atoms with van der Waals surface area (Å²) in [6, 6.07) is 4.08. The SMILES string of the molecule is Cn1cc(-c2ncccc2CNC(=O)NC2CCCC2)cn1. The molecule has 2 N–H and O–H groups in total. The van der Waals surface area contributed by atoms with Crippen molar-refractivity contribution in [3.05, 3.63) is 36.3 Å². The first-order valence-electron chi connectivity index (χ1n) is 7.69. The second-order valence-electron chi connectivity index (χ2n) is 5.72. The average Bonchev–Trinajstić information content (AvgIpc) is 3.17. The van der Waals surface area contributed by atoms with Crippen LogP contribution in [0.3, 0.4) is 0 Å². The van der Waals surface area contributed by atoms with E-state index in [1.54, 1.807) is 17.1 Å². The molecule has 0 unspecified atom stereocenters. The molecule has 6 heteroatoms. The molecule has 3 rings (SSSR count). The van der Waals surface area contributed by atoms with Gasteiger partial charge in [0.1, 0.15) is 0 Å². The van der Waals surface area contributed by atoms with E-state index in [0.717, 1.165) is 29.7 Å². The smallest absolute Gasteiger partial charge is 0.315 e. The monoisotopic (exact) mass is 299 g/mol. The predicted octanol–water partition coefficient (Wildman–Crippen LogP) is 2.22. The number of nitrogens with zero attached hydrogens (tertiary/aromatic N) is 3. The Morgan fingerprint density at radius 3 is 2.95 bits per heavy atom. The van der Waals surface area contributed by atoms with Crippen LogP contribution in [0.2, 0.25) is 0 Å². The molecule has 0 aromatic carbocycles. The summed E-state index contributed by atoms with van der Waals surface area (Å²) in [7, 11) is 1.87. The number of pyridine rings is 1. The highest BCUT2D eigenvalue weighted by atomic mass is 16.2. The quantitative estimate of drug-likeness (QED) is 0.909. The van der Waals surface area contributed by atoms with Gasteiger partial charge in [-0.1, -0.05) is 18.9 Å². The fourth-order valence-corrected chi connectivity index (χ4v) is 2.87. The summed E-state index contributed by atoms with van der Waals surface area (Å²) in [4.78, 5) is 16.4. The van der Waals surface area contributed by atoms with E-state index in [4.69, 9.17) is 0 Å². The van der Waals surface area contributed by atoms with Crippen LogP contribution in [0.5, 0.6) is 0 Å². The standard InChI is InChI=1S/C16H21N5O/c1-21-11-13(10-19-21)15-12(5-4-8-17-15)9-18-16(22)20-14-6-2-3-7-14/h4-5,8,10-11,14H,2-3,6-7,9H2,1H3,(H2,18,20,22). The molecule has 1 aliphatic rings. The molecule has 2 heterocycles. The van der Waals surface area contributed by atoms with Crippen LogP contribution in [-0.4, -0.2) is 26.8 Å². The minimum Gasteiger partial charge on any atom is -0.335 e. The van der Waals surface area contributed by atoms with Crippen molar-refractivity contribution in [2.45, 2.75) is 38.3 Å². The lowest BCUT2D eigenvalue weighted by atomic mass is 10.1. The summed E-state index contributed by atoms with van der Waals surface area (Å²) in [5, 5.41) is 10.1. The number of urea groups is 1. The molecule has 2 amide bonds. The van der Waals surface area contributed by atoms with Crippen LogP contribution in [-0.2, 0) is 13.6 Å². The van der Waals surface area contributed by atoms with E-state index in [2.05, 4.69) is 20.7 Å². The van der Waals surface area contributed by atoms with Crippen molar-refractivity contribution < 1.29 is 4.79 Å². The van der Waals surface area contributed by atoms with Crippen molar-refractivity contribution in [3.8, 4) is 11.3 Å². The fraction of sp³-hybridized carbons (Fsp3) is 0.438. The highest BCUT2D eigenvalue weighted by molar-refractivity contribution is 5.74. The van der Waals surface area contributed by atoms with E-state index in [0.29, 0.717) is 12.6 Å². The third-order valence-electron chi connectivity index (χ3n) is 4.00. The number of carbonyl (C=O) groups excluding carboxylic acids is 1. The highest BCUT2D eigenvalue weighted by Gasteiger charge is 2.17. The Balaban J connectivity index is 1.64. The molecule has 1 fully saturated rings. The van der Waals surface area contributed by atoms with Gasteiger partial charge in [0.15, 0.2) is 0 Å². The predicted molar refractivity (Wildman–Crippen MR) is 84.1 cm³/mol. The van der Waals surface area contributed by atoms with E-state index >= 15 is 0 Å². The Morgan fingerprint density at radius 1 is 1.41 bits per heavy atom. The first-order chi connectivity index (χ1) is 10.7. The zero-order valence-electron chi connectivity index (χ0n) is 12.7. The van der Waals surface area contributed by atoms with E-state index in [1.165, 1.54) is 12.8 Å². The van der Waals surface area contributed by atoms with E-state index in [9.17, 15) is 4.79 Å². The minimum absolute atomic E-state index is 0.104. The van der Waals surface area contributed by atoms with Crippen LogP contribution in [0, 0.1) is 0 Å². The van der Waals surface area contributed by atoms with Gasteiger partial charge < -0.3 is 10.6 Å². The average molecular weight is 299 g/mol. The molecule has 6 nitrogen and oxygen atoms in total. The van der Waals surface area contributed by atoms with Gasteiger partial charge in [0, 0.05) is 37.6 Å². The van der Waals surface area contributed by atoms with Gasteiger partial charge in [-0.2, -0.15) is 5.10 Å². The van der Waals surface area contributed by atoms with Gasteiger partial charge in [0.25, 0.3) is 0 Å². The molecule has 0 bridgehead atoms. The van der Waals surface area contributed by atoms with Crippen LogP contribution in [0.1, 0.15) is 31.2 Å². The molecule has 2 aromatic heterocycles. The van der Waals surface area contributed by atoms with Gasteiger partial charge in [0.05, 0.1) is 11.9 Å². The van der Waals surface area contributed by atoms with Crippen molar-refractivity contribution in [1.29, 1.82) is 0 Å². The third kappa shape index (κ3) is 3.44. The molecule has 1 saturated carbocycles. The maximum atomic E-state index is 12.0. The first kappa shape index (κ1) is 14.6. The molecule has 0 spiro atoms. The lowest BCUT2D eigenvalue weighted by molar-refractivity contribution is 0.236. The minimum atomic E-state index is -0.104. The Kier molecular flexibility index (Phi) is 4.37. The van der Waals surface area contributed by atoms with Gasteiger partial charge >= 0.3 is 6.03 Å². The Bertz CT molecular complexity index is 645. The van der Waals surface area contributed by atoms with Crippen molar-refractivity contribution in [2.75, 3.05) is 0 Å². The summed E-state index contributed by atoms with van der Waals surface area (Å²) < 4.78 is 1.74. The normalized spacial score (nSPS) is 15.0. The fourth-order valence-electron chi connectivity index (χ4n) is 2.87. The third-order valence-corrected chi connectivity index (χ3v) is 4.00. The number of aryl methyl sites for hydroxylation is 1. The topological polar surface area (TPSA) is 71.8 Å². The molecular formula is C16H21N5O. The lowest BCUT2D eigenvalue weighted by Crippen LogP contribution is -2.40. The molecule has 0 saturated heterocycles. The summed E-state index contributed by atoms with van der Waals surface area (Å²) in [6.07, 6.45) is 10.0. The molecular weight excluding hydrogens is 278 g/mol. The van der Waals surface area contributed by atoms with Gasteiger partial charge in [0.2, 0.25) is 0 Å². The van der Waals surface area contributed by atoms with Gasteiger partial charge in [-0.3, -0.25) is 9.67 Å². The number of amides is 2. The van der Waals surface area contributed by atoms with Crippen molar-refractivity contribution >= 4 is 6.03 Å². The summed E-state index contributed by atoms with van der Waals surface area (Å²) in [6.45, 7) is 0.455. The molecule has 0 radical (unpaired) electrons. The maximum absolute atomic E-state index is 12.0. The zero-order chi connectivity index (χ0) is 15.4. The van der Waals surface area contributed by atoms with Crippen molar-refractivity contribution in [1.82, 2.24) is 25.4 Å². The molecule has 116 valence electrons.